The molecule has 38 heavy (non-hydrogen) atoms. The third-order valence-electron chi connectivity index (χ3n) is 6.26. The number of aromatic nitrogens is 3. The monoisotopic (exact) mass is 533 g/mol. The highest BCUT2D eigenvalue weighted by Gasteiger charge is 2.26. The molecule has 5 rings (SSSR count). The fraction of sp³-hybridized carbons (Fsp3) is 0.286. The van der Waals surface area contributed by atoms with Gasteiger partial charge in [0.05, 0.1) is 23.2 Å². The number of halogens is 1. The first-order chi connectivity index (χ1) is 18.6. The molecule has 9 nitrogen and oxygen atoms in total. The predicted octanol–water partition coefficient (Wildman–Crippen LogP) is 4.96. The van der Waals surface area contributed by atoms with Gasteiger partial charge in [0.15, 0.2) is 0 Å². The zero-order valence-electron chi connectivity index (χ0n) is 20.9. The number of carbonyl (C=O) groups is 1. The van der Waals surface area contributed by atoms with Crippen molar-refractivity contribution in [3.05, 3.63) is 78.9 Å². The van der Waals surface area contributed by atoms with Crippen molar-refractivity contribution >= 4 is 39.9 Å². The molecule has 1 saturated heterocycles. The maximum Gasteiger partial charge on any atom is 0.248 e. The summed E-state index contributed by atoms with van der Waals surface area (Å²) < 4.78 is 17.1. The second kappa shape index (κ2) is 12.1. The van der Waals surface area contributed by atoms with E-state index in [1.165, 1.54) is 13.4 Å². The molecule has 0 saturated carbocycles. The number of rotatable bonds is 10. The first-order valence-corrected chi connectivity index (χ1v) is 12.8. The van der Waals surface area contributed by atoms with Crippen molar-refractivity contribution in [2.75, 3.05) is 38.7 Å². The van der Waals surface area contributed by atoms with Gasteiger partial charge in [-0.2, -0.15) is 0 Å². The van der Waals surface area contributed by atoms with E-state index in [0.717, 1.165) is 23.0 Å². The van der Waals surface area contributed by atoms with Crippen molar-refractivity contribution in [1.29, 1.82) is 0 Å². The highest BCUT2D eigenvalue weighted by Crippen LogP contribution is 2.33. The van der Waals surface area contributed by atoms with Crippen LogP contribution in [0.25, 0.3) is 10.9 Å². The van der Waals surface area contributed by atoms with Gasteiger partial charge >= 0.3 is 0 Å². The van der Waals surface area contributed by atoms with E-state index in [4.69, 9.17) is 25.8 Å². The van der Waals surface area contributed by atoms with Crippen LogP contribution in [0.2, 0.25) is 0 Å². The summed E-state index contributed by atoms with van der Waals surface area (Å²) in [5, 5.41) is 4.14. The van der Waals surface area contributed by atoms with Gasteiger partial charge in [0, 0.05) is 44.1 Å². The molecule has 3 heterocycles. The van der Waals surface area contributed by atoms with Gasteiger partial charge in [-0.3, -0.25) is 9.78 Å². The molecule has 1 fully saturated rings. The Kier molecular flexibility index (Phi) is 8.15. The maximum absolute atomic E-state index is 12.1. The van der Waals surface area contributed by atoms with E-state index < -0.39 is 5.56 Å². The summed E-state index contributed by atoms with van der Waals surface area (Å²) in [5.41, 5.74) is 1.43. The zero-order chi connectivity index (χ0) is 26.3. The van der Waals surface area contributed by atoms with Gasteiger partial charge in [-0.05, 0) is 42.8 Å². The van der Waals surface area contributed by atoms with Crippen molar-refractivity contribution in [3.63, 3.8) is 0 Å². The summed E-state index contributed by atoms with van der Waals surface area (Å²) in [4.78, 5) is 27.1. The molecule has 2 atom stereocenters. The van der Waals surface area contributed by atoms with Crippen LogP contribution >= 0.6 is 11.6 Å². The lowest BCUT2D eigenvalue weighted by Crippen LogP contribution is -2.32. The molecule has 1 aliphatic rings. The number of ether oxygens (including phenoxy) is 3. The van der Waals surface area contributed by atoms with Crippen LogP contribution in [-0.4, -0.2) is 59.2 Å². The Labute approximate surface area is 225 Å². The first-order valence-electron chi connectivity index (χ1n) is 12.3. The standard InChI is InChI=1S/C28H28ClN5O4/c1-36-17-25(35)34-13-11-19(15-34)16-37-24-10-5-9-22-26(24)28(32-18-31-22)33-20-6-4-7-21(14-20)38-27(29)23-8-2-3-12-30-23/h2-10,12,14,18-19,27H,11,13,15-17H2,1H3,(H,31,32,33)/t19-,27?/m0/s1. The van der Waals surface area contributed by atoms with Crippen molar-refractivity contribution < 1.29 is 19.0 Å². The summed E-state index contributed by atoms with van der Waals surface area (Å²) in [6, 6.07) is 18.7. The number of pyridine rings is 1. The summed E-state index contributed by atoms with van der Waals surface area (Å²) >= 11 is 6.41. The van der Waals surface area contributed by atoms with Crippen LogP contribution in [-0.2, 0) is 9.53 Å². The molecule has 0 spiro atoms. The highest BCUT2D eigenvalue weighted by molar-refractivity contribution is 6.19. The number of amides is 1. The van der Waals surface area contributed by atoms with Crippen LogP contribution in [0.4, 0.5) is 11.5 Å². The van der Waals surface area contributed by atoms with E-state index in [-0.39, 0.29) is 18.4 Å². The SMILES string of the molecule is COCC(=O)N1CC[C@H](COc2cccc3ncnc(Nc4cccc(OC(Cl)c5ccccn5)c4)c23)C1. The Morgan fingerprint density at radius 2 is 2.03 bits per heavy atom. The van der Waals surface area contributed by atoms with Crippen LogP contribution in [0.3, 0.4) is 0 Å². The number of anilines is 2. The molecule has 4 aromatic rings. The largest absolute Gasteiger partial charge is 0.492 e. The van der Waals surface area contributed by atoms with Crippen LogP contribution < -0.4 is 14.8 Å². The number of benzene rings is 2. The molecule has 2 aromatic carbocycles. The van der Waals surface area contributed by atoms with Crippen LogP contribution in [0, 0.1) is 5.92 Å². The normalized spacial score (nSPS) is 15.8. The molecule has 2 aromatic heterocycles. The molecule has 10 heteroatoms. The van der Waals surface area contributed by atoms with Gasteiger partial charge in [0.1, 0.15) is 30.3 Å². The summed E-state index contributed by atoms with van der Waals surface area (Å²) in [6.45, 7) is 1.95. The Bertz CT molecular complexity index is 1390. The van der Waals surface area contributed by atoms with E-state index in [9.17, 15) is 4.79 Å². The number of hydrogen-bond acceptors (Lipinski definition) is 8. The van der Waals surface area contributed by atoms with Crippen LogP contribution in [0.1, 0.15) is 17.7 Å². The number of nitrogens with one attached hydrogen (secondary N) is 1. The topological polar surface area (TPSA) is 98.7 Å². The van der Waals surface area contributed by atoms with E-state index in [1.807, 2.05) is 65.6 Å². The number of likely N-dealkylation sites (tertiary alicyclic amines) is 1. The smallest absolute Gasteiger partial charge is 0.248 e. The van der Waals surface area contributed by atoms with E-state index in [0.29, 0.717) is 42.7 Å². The molecule has 1 aliphatic heterocycles. The average molecular weight is 534 g/mol. The molecule has 1 amide bonds. The van der Waals surface area contributed by atoms with E-state index >= 15 is 0 Å². The Balaban J connectivity index is 1.30. The second-order valence-electron chi connectivity index (χ2n) is 8.95. The summed E-state index contributed by atoms with van der Waals surface area (Å²) in [5.74, 6) is 2.12. The minimum absolute atomic E-state index is 0.00627. The fourth-order valence-corrected chi connectivity index (χ4v) is 4.62. The number of methoxy groups -OCH3 is 1. The second-order valence-corrected chi connectivity index (χ2v) is 9.35. The lowest BCUT2D eigenvalue weighted by molar-refractivity contribution is -0.134. The Morgan fingerprint density at radius 1 is 1.13 bits per heavy atom. The zero-order valence-corrected chi connectivity index (χ0v) is 21.7. The van der Waals surface area contributed by atoms with Gasteiger partial charge < -0.3 is 24.4 Å². The van der Waals surface area contributed by atoms with Gasteiger partial charge in [0.25, 0.3) is 0 Å². The number of nitrogens with zero attached hydrogens (tertiary/aromatic N) is 4. The van der Waals surface area contributed by atoms with Crippen molar-refractivity contribution in [2.24, 2.45) is 5.92 Å². The molecule has 0 bridgehead atoms. The van der Waals surface area contributed by atoms with Gasteiger partial charge in [-0.1, -0.05) is 29.8 Å². The van der Waals surface area contributed by atoms with Crippen molar-refractivity contribution in [2.45, 2.75) is 12.0 Å². The molecular formula is C28H28ClN5O4. The maximum atomic E-state index is 12.1. The van der Waals surface area contributed by atoms with Crippen LogP contribution in [0.15, 0.2) is 73.2 Å². The van der Waals surface area contributed by atoms with Crippen molar-refractivity contribution in [3.8, 4) is 11.5 Å². The Morgan fingerprint density at radius 3 is 2.87 bits per heavy atom. The third kappa shape index (κ3) is 6.12. The Hall–Kier alpha value is -3.95. The minimum atomic E-state index is -0.720. The van der Waals surface area contributed by atoms with Crippen LogP contribution in [0.5, 0.6) is 11.5 Å². The molecule has 1 unspecified atom stereocenters. The first kappa shape index (κ1) is 25.7. The number of alkyl halides is 1. The average Bonchev–Trinajstić information content (AvgIpc) is 3.42. The molecule has 0 radical (unpaired) electrons. The molecular weight excluding hydrogens is 506 g/mol. The number of fused-ring (bicyclic) bond motifs is 1. The molecule has 0 aliphatic carbocycles. The minimum Gasteiger partial charge on any atom is -0.492 e. The summed E-state index contributed by atoms with van der Waals surface area (Å²) in [7, 11) is 1.53. The van der Waals surface area contributed by atoms with Crippen molar-refractivity contribution in [1.82, 2.24) is 19.9 Å². The van der Waals surface area contributed by atoms with Gasteiger partial charge in [-0.25, -0.2) is 9.97 Å². The number of carbonyl (C=O) groups excluding carboxylic acids is 1. The number of hydrogen-bond donors (Lipinski definition) is 1. The van der Waals surface area contributed by atoms with E-state index in [2.05, 4.69) is 20.3 Å². The predicted molar refractivity (Wildman–Crippen MR) is 145 cm³/mol. The lowest BCUT2D eigenvalue weighted by Gasteiger charge is -2.17. The summed E-state index contributed by atoms with van der Waals surface area (Å²) in [6.07, 6.45) is 4.07. The van der Waals surface area contributed by atoms with Gasteiger partial charge in [0.2, 0.25) is 11.5 Å². The van der Waals surface area contributed by atoms with Gasteiger partial charge in [-0.15, -0.1) is 0 Å². The highest BCUT2D eigenvalue weighted by atomic mass is 35.5. The quantitative estimate of drug-likeness (QED) is 0.286. The molecule has 196 valence electrons. The van der Waals surface area contributed by atoms with E-state index in [1.54, 1.807) is 6.20 Å². The molecule has 1 N–H and O–H groups in total. The fourth-order valence-electron chi connectivity index (χ4n) is 4.39. The third-order valence-corrected chi connectivity index (χ3v) is 6.57. The lowest BCUT2D eigenvalue weighted by atomic mass is 10.1.